The van der Waals surface area contributed by atoms with Gasteiger partial charge in [-0.3, -0.25) is 4.79 Å². The number of aliphatic carboxylic acids is 1. The van der Waals surface area contributed by atoms with Gasteiger partial charge in [0, 0.05) is 0 Å². The zero-order valence-electron chi connectivity index (χ0n) is 9.95. The summed E-state index contributed by atoms with van der Waals surface area (Å²) in [7, 11) is 0. The first-order chi connectivity index (χ1) is 7.37. The minimum atomic E-state index is -0.963. The molecule has 0 bridgehead atoms. The lowest BCUT2D eigenvalue weighted by molar-refractivity contribution is -0.143. The standard InChI is InChI=1S/C11H19NO3S/c1-7(2)8(9(13)14)12-10(15)11(3)5-4-6-16-11/h7-8H,4-6H2,1-3H3,(H,12,15)(H,13,14)/t8-,11?/m1/s1. The van der Waals surface area contributed by atoms with Crippen LogP contribution in [0, 0.1) is 5.92 Å². The summed E-state index contributed by atoms with van der Waals surface area (Å²) in [5.74, 6) is -0.230. The van der Waals surface area contributed by atoms with E-state index in [-0.39, 0.29) is 11.8 Å². The highest BCUT2D eigenvalue weighted by Gasteiger charge is 2.39. The van der Waals surface area contributed by atoms with Crippen LogP contribution in [0.1, 0.15) is 33.6 Å². The van der Waals surface area contributed by atoms with Gasteiger partial charge in [-0.2, -0.15) is 0 Å². The van der Waals surface area contributed by atoms with Crippen molar-refractivity contribution in [1.29, 1.82) is 0 Å². The molecule has 16 heavy (non-hydrogen) atoms. The fraction of sp³-hybridized carbons (Fsp3) is 0.818. The predicted molar refractivity (Wildman–Crippen MR) is 64.5 cm³/mol. The number of carbonyl (C=O) groups is 2. The maximum absolute atomic E-state index is 12.0. The van der Waals surface area contributed by atoms with Crippen LogP contribution in [0.3, 0.4) is 0 Å². The molecule has 0 aromatic heterocycles. The summed E-state index contributed by atoms with van der Waals surface area (Å²) >= 11 is 1.61. The number of thioether (sulfide) groups is 1. The second-order valence-corrected chi connectivity index (χ2v) is 6.31. The van der Waals surface area contributed by atoms with Gasteiger partial charge in [0.05, 0.1) is 4.75 Å². The van der Waals surface area contributed by atoms with E-state index >= 15 is 0 Å². The number of carboxylic acid groups (broad SMARTS) is 1. The van der Waals surface area contributed by atoms with Crippen molar-refractivity contribution in [2.24, 2.45) is 5.92 Å². The predicted octanol–water partition coefficient (Wildman–Crippen LogP) is 1.50. The largest absolute Gasteiger partial charge is 0.480 e. The Kier molecular flexibility index (Phi) is 4.24. The molecule has 0 aromatic rings. The molecular formula is C11H19NO3S. The summed E-state index contributed by atoms with van der Waals surface area (Å²) in [6, 6.07) is -0.787. The van der Waals surface area contributed by atoms with Crippen LogP contribution in [0.15, 0.2) is 0 Å². The maximum Gasteiger partial charge on any atom is 0.326 e. The first kappa shape index (κ1) is 13.4. The monoisotopic (exact) mass is 245 g/mol. The molecular weight excluding hydrogens is 226 g/mol. The van der Waals surface area contributed by atoms with E-state index in [4.69, 9.17) is 5.11 Å². The Morgan fingerprint density at radius 2 is 2.06 bits per heavy atom. The van der Waals surface area contributed by atoms with Crippen molar-refractivity contribution >= 4 is 23.6 Å². The summed E-state index contributed by atoms with van der Waals surface area (Å²) in [4.78, 5) is 23.0. The highest BCUT2D eigenvalue weighted by molar-refractivity contribution is 8.01. The summed E-state index contributed by atoms with van der Waals surface area (Å²) in [5.41, 5.74) is 0. The van der Waals surface area contributed by atoms with E-state index in [1.54, 1.807) is 25.6 Å². The lowest BCUT2D eigenvalue weighted by Crippen LogP contribution is -2.50. The molecule has 0 spiro atoms. The Labute approximate surface area is 100 Å². The van der Waals surface area contributed by atoms with E-state index in [0.717, 1.165) is 18.6 Å². The zero-order chi connectivity index (χ0) is 12.3. The van der Waals surface area contributed by atoms with Gasteiger partial charge in [-0.25, -0.2) is 4.79 Å². The quantitative estimate of drug-likeness (QED) is 0.787. The van der Waals surface area contributed by atoms with Crippen molar-refractivity contribution < 1.29 is 14.7 Å². The molecule has 0 aliphatic carbocycles. The molecule has 1 saturated heterocycles. The zero-order valence-corrected chi connectivity index (χ0v) is 10.8. The normalized spacial score (nSPS) is 26.8. The molecule has 2 atom stereocenters. The molecule has 92 valence electrons. The van der Waals surface area contributed by atoms with E-state index in [0.29, 0.717) is 0 Å². The molecule has 0 radical (unpaired) electrons. The summed E-state index contributed by atoms with van der Waals surface area (Å²) in [6.45, 7) is 5.48. The van der Waals surface area contributed by atoms with Crippen molar-refractivity contribution in [3.05, 3.63) is 0 Å². The third-order valence-corrected chi connectivity index (χ3v) is 4.44. The summed E-state index contributed by atoms with van der Waals surface area (Å²) < 4.78 is -0.442. The average molecular weight is 245 g/mol. The van der Waals surface area contributed by atoms with Crippen LogP contribution in [0.5, 0.6) is 0 Å². The maximum atomic E-state index is 12.0. The smallest absolute Gasteiger partial charge is 0.326 e. The fourth-order valence-electron chi connectivity index (χ4n) is 1.77. The number of hydrogen-bond donors (Lipinski definition) is 2. The fourth-order valence-corrected chi connectivity index (χ4v) is 2.98. The molecule has 5 heteroatoms. The molecule has 1 aliphatic heterocycles. The molecule has 1 unspecified atom stereocenters. The number of rotatable bonds is 4. The Balaban J connectivity index is 2.65. The van der Waals surface area contributed by atoms with Crippen LogP contribution in [-0.2, 0) is 9.59 Å². The first-order valence-corrected chi connectivity index (χ1v) is 6.53. The van der Waals surface area contributed by atoms with Gasteiger partial charge in [0.2, 0.25) is 5.91 Å². The van der Waals surface area contributed by atoms with E-state index in [1.165, 1.54) is 0 Å². The van der Waals surface area contributed by atoms with E-state index in [2.05, 4.69) is 5.32 Å². The SMILES string of the molecule is CC(C)[C@@H](NC(=O)C1(C)CCCS1)C(=O)O. The molecule has 1 rings (SSSR count). The molecule has 2 N–H and O–H groups in total. The van der Waals surface area contributed by atoms with Crippen molar-refractivity contribution in [3.8, 4) is 0 Å². The van der Waals surface area contributed by atoms with Gasteiger partial charge in [0.1, 0.15) is 6.04 Å². The molecule has 1 heterocycles. The Hall–Kier alpha value is -0.710. The molecule has 1 aliphatic rings. The van der Waals surface area contributed by atoms with Gasteiger partial charge in [-0.1, -0.05) is 13.8 Å². The molecule has 1 amide bonds. The first-order valence-electron chi connectivity index (χ1n) is 5.54. The van der Waals surface area contributed by atoms with Gasteiger partial charge in [0.25, 0.3) is 0 Å². The highest BCUT2D eigenvalue weighted by Crippen LogP contribution is 2.37. The molecule has 1 fully saturated rings. The van der Waals surface area contributed by atoms with E-state index in [9.17, 15) is 9.59 Å². The second-order valence-electron chi connectivity index (χ2n) is 4.72. The summed E-state index contributed by atoms with van der Waals surface area (Å²) in [6.07, 6.45) is 1.85. The van der Waals surface area contributed by atoms with Crippen LogP contribution in [-0.4, -0.2) is 33.5 Å². The average Bonchev–Trinajstić information content (AvgIpc) is 2.61. The molecule has 0 saturated carbocycles. The molecule has 0 aromatic carbocycles. The lowest BCUT2D eigenvalue weighted by atomic mass is 10.0. The van der Waals surface area contributed by atoms with Crippen LogP contribution in [0.4, 0.5) is 0 Å². The highest BCUT2D eigenvalue weighted by atomic mass is 32.2. The van der Waals surface area contributed by atoms with Crippen LogP contribution < -0.4 is 5.32 Å². The molecule has 4 nitrogen and oxygen atoms in total. The van der Waals surface area contributed by atoms with Gasteiger partial charge in [-0.15, -0.1) is 11.8 Å². The second kappa shape index (κ2) is 5.08. The van der Waals surface area contributed by atoms with Crippen molar-refractivity contribution in [3.63, 3.8) is 0 Å². The van der Waals surface area contributed by atoms with Crippen molar-refractivity contribution in [2.45, 2.75) is 44.4 Å². The van der Waals surface area contributed by atoms with E-state index in [1.807, 2.05) is 6.92 Å². The van der Waals surface area contributed by atoms with Gasteiger partial charge < -0.3 is 10.4 Å². The topological polar surface area (TPSA) is 66.4 Å². The number of nitrogens with one attached hydrogen (secondary N) is 1. The summed E-state index contributed by atoms with van der Waals surface area (Å²) in [5, 5.41) is 11.6. The third-order valence-electron chi connectivity index (χ3n) is 2.92. The van der Waals surface area contributed by atoms with Gasteiger partial charge in [-0.05, 0) is 31.4 Å². The minimum absolute atomic E-state index is 0.101. The number of hydrogen-bond acceptors (Lipinski definition) is 3. The van der Waals surface area contributed by atoms with Crippen LogP contribution in [0.25, 0.3) is 0 Å². The van der Waals surface area contributed by atoms with E-state index < -0.39 is 16.8 Å². The van der Waals surface area contributed by atoms with Gasteiger partial charge >= 0.3 is 5.97 Å². The lowest BCUT2D eigenvalue weighted by Gasteiger charge is -2.26. The Morgan fingerprint density at radius 1 is 1.44 bits per heavy atom. The van der Waals surface area contributed by atoms with Crippen molar-refractivity contribution in [2.75, 3.05) is 5.75 Å². The van der Waals surface area contributed by atoms with Crippen molar-refractivity contribution in [1.82, 2.24) is 5.32 Å². The number of amides is 1. The Bertz CT molecular complexity index is 285. The van der Waals surface area contributed by atoms with Crippen LogP contribution in [0.2, 0.25) is 0 Å². The minimum Gasteiger partial charge on any atom is -0.480 e. The Morgan fingerprint density at radius 3 is 2.44 bits per heavy atom. The van der Waals surface area contributed by atoms with Crippen LogP contribution >= 0.6 is 11.8 Å². The third kappa shape index (κ3) is 2.90. The van der Waals surface area contributed by atoms with Gasteiger partial charge in [0.15, 0.2) is 0 Å². The number of carboxylic acids is 1. The number of carbonyl (C=O) groups excluding carboxylic acids is 1.